The van der Waals surface area contributed by atoms with E-state index in [1.165, 1.54) is 0 Å². The van der Waals surface area contributed by atoms with E-state index in [0.29, 0.717) is 22.0 Å². The third-order valence-electron chi connectivity index (χ3n) is 3.78. The Kier molecular flexibility index (Phi) is 5.32. The molecule has 0 heterocycles. The maximum Gasteiger partial charge on any atom is 0.255 e. The number of anilines is 1. The summed E-state index contributed by atoms with van der Waals surface area (Å²) in [5.41, 5.74) is 2.90. The standard InChI is InChI=1S/C19H22ClNO2/c1-11(2)16-9-15(10-17(12(3)4)18(16)22)21-19(23)13-5-7-14(20)8-6-13/h5-12,22H,1-4H3,(H,21,23). The fraction of sp³-hybridized carbons (Fsp3) is 0.316. The second kappa shape index (κ2) is 7.05. The van der Waals surface area contributed by atoms with E-state index in [9.17, 15) is 9.90 Å². The molecule has 2 aromatic rings. The first-order valence-electron chi connectivity index (χ1n) is 7.73. The Morgan fingerprint density at radius 2 is 1.48 bits per heavy atom. The topological polar surface area (TPSA) is 49.3 Å². The number of phenolic OH excluding ortho intramolecular Hbond substituents is 1. The van der Waals surface area contributed by atoms with Gasteiger partial charge in [0, 0.05) is 16.3 Å². The van der Waals surface area contributed by atoms with E-state index in [1.54, 1.807) is 24.3 Å². The van der Waals surface area contributed by atoms with Crippen molar-refractivity contribution in [3.05, 3.63) is 58.1 Å². The van der Waals surface area contributed by atoms with Crippen LogP contribution in [0.5, 0.6) is 5.75 Å². The Labute approximate surface area is 142 Å². The molecule has 0 saturated heterocycles. The average molecular weight is 332 g/mol. The Morgan fingerprint density at radius 1 is 1.00 bits per heavy atom. The molecule has 2 rings (SSSR count). The zero-order chi connectivity index (χ0) is 17.1. The molecule has 0 aromatic heterocycles. The third kappa shape index (κ3) is 4.05. The first kappa shape index (κ1) is 17.4. The molecule has 0 radical (unpaired) electrons. The summed E-state index contributed by atoms with van der Waals surface area (Å²) in [6, 6.07) is 10.4. The van der Waals surface area contributed by atoms with Gasteiger partial charge < -0.3 is 10.4 Å². The lowest BCUT2D eigenvalue weighted by Gasteiger charge is -2.18. The fourth-order valence-corrected chi connectivity index (χ4v) is 2.56. The SMILES string of the molecule is CC(C)c1cc(NC(=O)c2ccc(Cl)cc2)cc(C(C)C)c1O. The van der Waals surface area contributed by atoms with E-state index in [0.717, 1.165) is 11.1 Å². The molecule has 2 aromatic carbocycles. The molecular formula is C19H22ClNO2. The van der Waals surface area contributed by atoms with Gasteiger partial charge in [0.05, 0.1) is 0 Å². The Morgan fingerprint density at radius 3 is 1.91 bits per heavy atom. The minimum absolute atomic E-state index is 0.167. The van der Waals surface area contributed by atoms with E-state index in [-0.39, 0.29) is 17.7 Å². The molecule has 1 amide bonds. The van der Waals surface area contributed by atoms with Gasteiger partial charge >= 0.3 is 0 Å². The number of benzene rings is 2. The van der Waals surface area contributed by atoms with Crippen molar-refractivity contribution in [1.29, 1.82) is 0 Å². The van der Waals surface area contributed by atoms with E-state index in [1.807, 2.05) is 39.8 Å². The Balaban J connectivity index is 2.35. The molecule has 0 atom stereocenters. The second-order valence-electron chi connectivity index (χ2n) is 6.27. The van der Waals surface area contributed by atoms with Crippen molar-refractivity contribution in [3.63, 3.8) is 0 Å². The Hall–Kier alpha value is -2.00. The minimum atomic E-state index is -0.197. The molecule has 0 saturated carbocycles. The molecule has 3 nitrogen and oxygen atoms in total. The number of rotatable bonds is 4. The van der Waals surface area contributed by atoms with Crippen molar-refractivity contribution in [2.75, 3.05) is 5.32 Å². The van der Waals surface area contributed by atoms with Gasteiger partial charge in [-0.25, -0.2) is 0 Å². The molecule has 0 fully saturated rings. The number of carbonyl (C=O) groups excluding carboxylic acids is 1. The first-order chi connectivity index (χ1) is 10.8. The lowest BCUT2D eigenvalue weighted by atomic mass is 9.93. The normalized spacial score (nSPS) is 11.1. The van der Waals surface area contributed by atoms with Crippen LogP contribution < -0.4 is 5.32 Å². The van der Waals surface area contributed by atoms with Gasteiger partial charge in [0.15, 0.2) is 0 Å². The van der Waals surface area contributed by atoms with Crippen LogP contribution in [0.2, 0.25) is 5.02 Å². The molecule has 23 heavy (non-hydrogen) atoms. The highest BCUT2D eigenvalue weighted by atomic mass is 35.5. The molecule has 0 spiro atoms. The van der Waals surface area contributed by atoms with Crippen LogP contribution in [0.4, 0.5) is 5.69 Å². The predicted octanol–water partition coefficient (Wildman–Crippen LogP) is 5.54. The molecule has 0 aliphatic carbocycles. The molecule has 0 aliphatic heterocycles. The Bertz CT molecular complexity index is 677. The van der Waals surface area contributed by atoms with Crippen molar-refractivity contribution >= 4 is 23.2 Å². The van der Waals surface area contributed by atoms with Crippen LogP contribution in [0.15, 0.2) is 36.4 Å². The summed E-state index contributed by atoms with van der Waals surface area (Å²) < 4.78 is 0. The number of hydrogen-bond acceptors (Lipinski definition) is 2. The highest BCUT2D eigenvalue weighted by Crippen LogP contribution is 2.36. The quantitative estimate of drug-likeness (QED) is 0.722. The third-order valence-corrected chi connectivity index (χ3v) is 4.03. The number of carbonyl (C=O) groups is 1. The highest BCUT2D eigenvalue weighted by molar-refractivity contribution is 6.30. The van der Waals surface area contributed by atoms with Gasteiger partial charge in [-0.3, -0.25) is 4.79 Å². The number of amides is 1. The summed E-state index contributed by atoms with van der Waals surface area (Å²) in [7, 11) is 0. The van der Waals surface area contributed by atoms with Crippen LogP contribution >= 0.6 is 11.6 Å². The maximum absolute atomic E-state index is 12.4. The summed E-state index contributed by atoms with van der Waals surface area (Å²) in [5.74, 6) is 0.455. The fourth-order valence-electron chi connectivity index (χ4n) is 2.44. The second-order valence-corrected chi connectivity index (χ2v) is 6.71. The van der Waals surface area contributed by atoms with Crippen LogP contribution in [-0.4, -0.2) is 11.0 Å². The van der Waals surface area contributed by atoms with Gasteiger partial charge in [-0.05, 0) is 59.4 Å². The highest BCUT2D eigenvalue weighted by Gasteiger charge is 2.16. The smallest absolute Gasteiger partial charge is 0.255 e. The van der Waals surface area contributed by atoms with Crippen molar-refractivity contribution in [1.82, 2.24) is 0 Å². The van der Waals surface area contributed by atoms with Crippen molar-refractivity contribution in [3.8, 4) is 5.75 Å². The lowest BCUT2D eigenvalue weighted by Crippen LogP contribution is -2.12. The van der Waals surface area contributed by atoms with Gasteiger partial charge in [0.1, 0.15) is 5.75 Å². The summed E-state index contributed by atoms with van der Waals surface area (Å²) in [6.07, 6.45) is 0. The van der Waals surface area contributed by atoms with Gasteiger partial charge in [-0.15, -0.1) is 0 Å². The molecule has 0 aliphatic rings. The monoisotopic (exact) mass is 331 g/mol. The molecule has 0 unspecified atom stereocenters. The molecular weight excluding hydrogens is 310 g/mol. The number of phenols is 1. The van der Waals surface area contributed by atoms with Crippen molar-refractivity contribution < 1.29 is 9.90 Å². The van der Waals surface area contributed by atoms with Crippen LogP contribution in [0.25, 0.3) is 0 Å². The van der Waals surface area contributed by atoms with Crippen molar-refractivity contribution in [2.24, 2.45) is 0 Å². The largest absolute Gasteiger partial charge is 0.507 e. The lowest BCUT2D eigenvalue weighted by molar-refractivity contribution is 0.102. The van der Waals surface area contributed by atoms with Crippen LogP contribution in [0, 0.1) is 0 Å². The average Bonchev–Trinajstić information content (AvgIpc) is 2.48. The van der Waals surface area contributed by atoms with E-state index in [4.69, 9.17) is 11.6 Å². The number of nitrogens with one attached hydrogen (secondary N) is 1. The summed E-state index contributed by atoms with van der Waals surface area (Å²) >= 11 is 5.85. The van der Waals surface area contributed by atoms with E-state index in [2.05, 4.69) is 5.32 Å². The van der Waals surface area contributed by atoms with Crippen LogP contribution in [0.1, 0.15) is 61.0 Å². The van der Waals surface area contributed by atoms with Gasteiger partial charge in [0.25, 0.3) is 5.91 Å². The maximum atomic E-state index is 12.4. The zero-order valence-corrected chi connectivity index (χ0v) is 14.6. The van der Waals surface area contributed by atoms with Gasteiger partial charge in [-0.2, -0.15) is 0 Å². The summed E-state index contributed by atoms with van der Waals surface area (Å²) in [4.78, 5) is 12.4. The molecule has 122 valence electrons. The van der Waals surface area contributed by atoms with Crippen LogP contribution in [-0.2, 0) is 0 Å². The predicted molar refractivity (Wildman–Crippen MR) is 95.7 cm³/mol. The number of aromatic hydroxyl groups is 1. The summed E-state index contributed by atoms with van der Waals surface area (Å²) in [6.45, 7) is 8.07. The van der Waals surface area contributed by atoms with Gasteiger partial charge in [-0.1, -0.05) is 39.3 Å². The number of halogens is 1. The molecule has 2 N–H and O–H groups in total. The summed E-state index contributed by atoms with van der Waals surface area (Å²) in [5, 5.41) is 13.9. The molecule has 0 bridgehead atoms. The van der Waals surface area contributed by atoms with E-state index >= 15 is 0 Å². The van der Waals surface area contributed by atoms with Gasteiger partial charge in [0.2, 0.25) is 0 Å². The van der Waals surface area contributed by atoms with Crippen molar-refractivity contribution in [2.45, 2.75) is 39.5 Å². The van der Waals surface area contributed by atoms with E-state index < -0.39 is 0 Å². The van der Waals surface area contributed by atoms with Crippen LogP contribution in [0.3, 0.4) is 0 Å². The molecule has 4 heteroatoms. The first-order valence-corrected chi connectivity index (χ1v) is 8.11. The zero-order valence-electron chi connectivity index (χ0n) is 13.9. The number of hydrogen-bond donors (Lipinski definition) is 2. The minimum Gasteiger partial charge on any atom is -0.507 e.